The van der Waals surface area contributed by atoms with E-state index in [1.807, 2.05) is 12.1 Å². The van der Waals surface area contributed by atoms with Gasteiger partial charge >= 0.3 is 6.18 Å². The molecule has 0 amide bonds. The minimum Gasteiger partial charge on any atom is -0.497 e. The Kier molecular flexibility index (Phi) is 6.07. The van der Waals surface area contributed by atoms with Crippen LogP contribution in [0.4, 0.5) is 13.2 Å². The number of halogens is 3. The van der Waals surface area contributed by atoms with Crippen LogP contribution in [0.5, 0.6) is 5.75 Å². The fourth-order valence-corrected chi connectivity index (χ4v) is 3.38. The lowest BCUT2D eigenvalue weighted by Crippen LogP contribution is -2.27. The molecule has 0 saturated carbocycles. The highest BCUT2D eigenvalue weighted by atomic mass is 32.2. The van der Waals surface area contributed by atoms with Crippen molar-refractivity contribution in [1.29, 1.82) is 0 Å². The normalized spacial score (nSPS) is 12.2. The van der Waals surface area contributed by atoms with Crippen molar-refractivity contribution in [2.45, 2.75) is 18.3 Å². The topological polar surface area (TPSA) is 55.4 Å². The van der Waals surface area contributed by atoms with Crippen LogP contribution in [0.2, 0.25) is 0 Å². The van der Waals surface area contributed by atoms with Crippen molar-refractivity contribution in [2.24, 2.45) is 0 Å². The summed E-state index contributed by atoms with van der Waals surface area (Å²) in [6, 6.07) is 11.5. The number of hydrogen-bond donors (Lipinski definition) is 1. The van der Waals surface area contributed by atoms with Crippen molar-refractivity contribution < 1.29 is 26.3 Å². The van der Waals surface area contributed by atoms with Gasteiger partial charge in [0.25, 0.3) is 0 Å². The molecule has 25 heavy (non-hydrogen) atoms. The highest BCUT2D eigenvalue weighted by Crippen LogP contribution is 2.29. The lowest BCUT2D eigenvalue weighted by molar-refractivity contribution is -0.137. The Morgan fingerprint density at radius 2 is 1.72 bits per heavy atom. The molecule has 0 radical (unpaired) electrons. The van der Waals surface area contributed by atoms with Crippen LogP contribution in [0, 0.1) is 0 Å². The third-order valence-corrected chi connectivity index (χ3v) is 4.86. The second-order valence-corrected chi connectivity index (χ2v) is 7.26. The molecule has 0 atom stereocenters. The number of benzene rings is 2. The van der Waals surface area contributed by atoms with Gasteiger partial charge in [-0.15, -0.1) is 0 Å². The molecule has 0 aliphatic carbocycles. The Labute approximate surface area is 144 Å². The van der Waals surface area contributed by atoms with E-state index in [0.29, 0.717) is 12.2 Å². The van der Waals surface area contributed by atoms with E-state index in [1.54, 1.807) is 19.2 Å². The first-order valence-electron chi connectivity index (χ1n) is 7.46. The van der Waals surface area contributed by atoms with Crippen molar-refractivity contribution in [3.05, 3.63) is 65.2 Å². The monoisotopic (exact) mass is 373 g/mol. The zero-order valence-electron chi connectivity index (χ0n) is 13.5. The van der Waals surface area contributed by atoms with Gasteiger partial charge in [-0.05, 0) is 35.7 Å². The fraction of sp³-hybridized carbons (Fsp3) is 0.294. The van der Waals surface area contributed by atoms with Gasteiger partial charge in [0, 0.05) is 6.54 Å². The van der Waals surface area contributed by atoms with Gasteiger partial charge in [-0.3, -0.25) is 0 Å². The van der Waals surface area contributed by atoms with E-state index in [-0.39, 0.29) is 12.1 Å². The van der Waals surface area contributed by atoms with Gasteiger partial charge in [0.15, 0.2) is 0 Å². The van der Waals surface area contributed by atoms with Gasteiger partial charge in [-0.25, -0.2) is 13.1 Å². The van der Waals surface area contributed by atoms with Crippen LogP contribution in [0.15, 0.2) is 48.5 Å². The van der Waals surface area contributed by atoms with Gasteiger partial charge in [-0.2, -0.15) is 13.2 Å². The van der Waals surface area contributed by atoms with Crippen LogP contribution in [-0.4, -0.2) is 22.1 Å². The molecule has 0 spiro atoms. The van der Waals surface area contributed by atoms with E-state index < -0.39 is 27.5 Å². The van der Waals surface area contributed by atoms with Crippen LogP contribution in [0.1, 0.15) is 16.7 Å². The summed E-state index contributed by atoms with van der Waals surface area (Å²) in [6.07, 6.45) is -4.03. The molecule has 8 heteroatoms. The molecule has 0 bridgehead atoms. The Hall–Kier alpha value is -2.06. The van der Waals surface area contributed by atoms with Crippen molar-refractivity contribution in [2.75, 3.05) is 13.7 Å². The van der Waals surface area contributed by atoms with E-state index >= 15 is 0 Å². The maximum atomic E-state index is 12.7. The van der Waals surface area contributed by atoms with Crippen molar-refractivity contribution in [3.8, 4) is 5.75 Å². The molecule has 0 unspecified atom stereocenters. The number of sulfonamides is 1. The smallest absolute Gasteiger partial charge is 0.416 e. The number of methoxy groups -OCH3 is 1. The quantitative estimate of drug-likeness (QED) is 0.810. The number of rotatable bonds is 7. The molecule has 0 heterocycles. The first-order chi connectivity index (χ1) is 11.7. The second-order valence-electron chi connectivity index (χ2n) is 5.45. The summed E-state index contributed by atoms with van der Waals surface area (Å²) in [5, 5.41) is 0. The summed E-state index contributed by atoms with van der Waals surface area (Å²) < 4.78 is 69.5. The number of alkyl halides is 3. The molecule has 1 N–H and O–H groups in total. The molecule has 0 aromatic heterocycles. The summed E-state index contributed by atoms with van der Waals surface area (Å²) >= 11 is 0. The Morgan fingerprint density at radius 1 is 1.04 bits per heavy atom. The summed E-state index contributed by atoms with van der Waals surface area (Å²) in [6.45, 7) is 0.160. The minimum atomic E-state index is -4.50. The minimum absolute atomic E-state index is 0.0896. The molecule has 0 fully saturated rings. The van der Waals surface area contributed by atoms with Gasteiger partial charge < -0.3 is 4.74 Å². The molecule has 136 valence electrons. The predicted molar refractivity (Wildman–Crippen MR) is 88.8 cm³/mol. The first-order valence-corrected chi connectivity index (χ1v) is 9.11. The molecular formula is C17H18F3NO3S. The number of ether oxygens (including phenoxy) is 1. The van der Waals surface area contributed by atoms with Gasteiger partial charge in [0.1, 0.15) is 5.75 Å². The predicted octanol–water partition coefficient (Wildman–Crippen LogP) is 3.38. The standard InChI is InChI=1S/C17H18F3NO3S/c1-24-16-7-5-13(6-8-16)9-10-21-25(22,23)12-14-3-2-4-15(11-14)17(18,19)20/h2-8,11,21H,9-10,12H2,1H3. The molecule has 0 aliphatic heterocycles. The maximum Gasteiger partial charge on any atom is 0.416 e. The van der Waals surface area contributed by atoms with Gasteiger partial charge in [0.2, 0.25) is 10.0 Å². The molecule has 2 rings (SSSR count). The van der Waals surface area contributed by atoms with Crippen molar-refractivity contribution in [1.82, 2.24) is 4.72 Å². The van der Waals surface area contributed by atoms with Gasteiger partial charge in [0.05, 0.1) is 18.4 Å². The summed E-state index contributed by atoms with van der Waals surface area (Å²) in [4.78, 5) is 0. The third kappa shape index (κ3) is 6.06. The van der Waals surface area contributed by atoms with E-state index in [1.165, 1.54) is 12.1 Å². The average molecular weight is 373 g/mol. The average Bonchev–Trinajstić information content (AvgIpc) is 2.54. The third-order valence-electron chi connectivity index (χ3n) is 3.51. The lowest BCUT2D eigenvalue weighted by Gasteiger charge is -2.10. The molecule has 2 aromatic carbocycles. The van der Waals surface area contributed by atoms with E-state index in [9.17, 15) is 21.6 Å². The first kappa shape index (κ1) is 19.3. The largest absolute Gasteiger partial charge is 0.497 e. The van der Waals surface area contributed by atoms with Crippen molar-refractivity contribution >= 4 is 10.0 Å². The Bertz CT molecular complexity index is 803. The molecule has 2 aromatic rings. The summed E-state index contributed by atoms with van der Waals surface area (Å²) in [5.41, 5.74) is 0.146. The molecule has 0 saturated heterocycles. The Balaban J connectivity index is 1.93. The van der Waals surface area contributed by atoms with Crippen LogP contribution >= 0.6 is 0 Å². The van der Waals surface area contributed by atoms with E-state index in [0.717, 1.165) is 17.7 Å². The zero-order valence-corrected chi connectivity index (χ0v) is 14.3. The number of nitrogens with one attached hydrogen (secondary N) is 1. The molecular weight excluding hydrogens is 355 g/mol. The lowest BCUT2D eigenvalue weighted by atomic mass is 10.1. The fourth-order valence-electron chi connectivity index (χ4n) is 2.25. The molecule has 4 nitrogen and oxygen atoms in total. The summed E-state index contributed by atoms with van der Waals surface area (Å²) in [7, 11) is -2.17. The van der Waals surface area contributed by atoms with Gasteiger partial charge in [-0.1, -0.05) is 30.3 Å². The Morgan fingerprint density at radius 3 is 2.32 bits per heavy atom. The SMILES string of the molecule is COc1ccc(CCNS(=O)(=O)Cc2cccc(C(F)(F)F)c2)cc1. The summed E-state index contributed by atoms with van der Waals surface area (Å²) in [5.74, 6) is 0.202. The van der Waals surface area contributed by atoms with Crippen LogP contribution in [-0.2, 0) is 28.4 Å². The van der Waals surface area contributed by atoms with Crippen LogP contribution in [0.3, 0.4) is 0 Å². The zero-order chi connectivity index (χ0) is 18.5. The number of hydrogen-bond acceptors (Lipinski definition) is 3. The second kappa shape index (κ2) is 7.88. The van der Waals surface area contributed by atoms with Crippen LogP contribution in [0.25, 0.3) is 0 Å². The maximum absolute atomic E-state index is 12.7. The highest BCUT2D eigenvalue weighted by Gasteiger charge is 2.30. The van der Waals surface area contributed by atoms with E-state index in [2.05, 4.69) is 4.72 Å². The van der Waals surface area contributed by atoms with Crippen LogP contribution < -0.4 is 9.46 Å². The molecule has 0 aliphatic rings. The van der Waals surface area contributed by atoms with Crippen molar-refractivity contribution in [3.63, 3.8) is 0 Å². The van der Waals surface area contributed by atoms with E-state index in [4.69, 9.17) is 4.74 Å². The highest BCUT2D eigenvalue weighted by molar-refractivity contribution is 7.88.